The molecule has 0 aliphatic heterocycles. The second-order valence-electron chi connectivity index (χ2n) is 9.01. The molecule has 0 spiro atoms. The van der Waals surface area contributed by atoms with Gasteiger partial charge in [-0.3, -0.25) is 4.79 Å². The summed E-state index contributed by atoms with van der Waals surface area (Å²) in [5.74, 6) is 0.245. The fourth-order valence-electron chi connectivity index (χ4n) is 4.51. The zero-order chi connectivity index (χ0) is 23.7. The lowest BCUT2D eigenvalue weighted by Crippen LogP contribution is -2.27. The molecule has 0 radical (unpaired) electrons. The van der Waals surface area contributed by atoms with Crippen LogP contribution in [0.25, 0.3) is 0 Å². The molecule has 2 aliphatic rings. The van der Waals surface area contributed by atoms with Crippen molar-refractivity contribution in [3.05, 3.63) is 94.5 Å². The first-order valence-corrected chi connectivity index (χ1v) is 11.5. The van der Waals surface area contributed by atoms with Crippen molar-refractivity contribution < 1.29 is 14.3 Å². The Labute approximate surface area is 198 Å². The van der Waals surface area contributed by atoms with E-state index in [1.807, 2.05) is 36.4 Å². The third-order valence-corrected chi connectivity index (χ3v) is 6.60. The first-order chi connectivity index (χ1) is 16.5. The van der Waals surface area contributed by atoms with Crippen LogP contribution in [0.2, 0.25) is 0 Å². The molecule has 34 heavy (non-hydrogen) atoms. The summed E-state index contributed by atoms with van der Waals surface area (Å²) in [6, 6.07) is 20.9. The van der Waals surface area contributed by atoms with E-state index in [-0.39, 0.29) is 24.6 Å². The number of nitrogens with one attached hydrogen (secondary N) is 2. The summed E-state index contributed by atoms with van der Waals surface area (Å²) in [5, 5.41) is 5.80. The number of hydrogen-bond donors (Lipinski definition) is 4. The SMILES string of the molecule is Nc1ccccc1NC(=O)c1ccc2c(c1)CCC2NC(=O)OCc1ccc(C2C[C@@H]2N)cc1. The number of nitrogen functional groups attached to an aromatic ring is 1. The Kier molecular flexibility index (Phi) is 5.94. The summed E-state index contributed by atoms with van der Waals surface area (Å²) in [6.45, 7) is 0.212. The number of nitrogens with two attached hydrogens (primary N) is 2. The average Bonchev–Trinajstić information content (AvgIpc) is 3.45. The van der Waals surface area contributed by atoms with E-state index in [0.29, 0.717) is 22.9 Å². The Morgan fingerprint density at radius 1 is 1.03 bits per heavy atom. The van der Waals surface area contributed by atoms with Crippen LogP contribution >= 0.6 is 0 Å². The highest BCUT2D eigenvalue weighted by Crippen LogP contribution is 2.38. The number of ether oxygens (including phenoxy) is 1. The van der Waals surface area contributed by atoms with Crippen LogP contribution in [-0.2, 0) is 17.8 Å². The molecule has 3 atom stereocenters. The predicted molar refractivity (Wildman–Crippen MR) is 131 cm³/mol. The van der Waals surface area contributed by atoms with Crippen molar-refractivity contribution >= 4 is 23.4 Å². The van der Waals surface area contributed by atoms with Gasteiger partial charge in [0.15, 0.2) is 0 Å². The smallest absolute Gasteiger partial charge is 0.407 e. The van der Waals surface area contributed by atoms with E-state index in [1.165, 1.54) is 5.56 Å². The summed E-state index contributed by atoms with van der Waals surface area (Å²) in [4.78, 5) is 25.1. The molecule has 2 aliphatic carbocycles. The number of para-hydroxylation sites is 2. The van der Waals surface area contributed by atoms with Crippen molar-refractivity contribution in [3.8, 4) is 0 Å². The number of alkyl carbamates (subject to hydrolysis) is 1. The van der Waals surface area contributed by atoms with E-state index in [4.69, 9.17) is 16.2 Å². The average molecular weight is 457 g/mol. The van der Waals surface area contributed by atoms with E-state index in [2.05, 4.69) is 22.8 Å². The van der Waals surface area contributed by atoms with Gasteiger partial charge in [0.1, 0.15) is 6.61 Å². The Morgan fingerprint density at radius 2 is 1.79 bits per heavy atom. The van der Waals surface area contributed by atoms with Gasteiger partial charge in [-0.1, -0.05) is 42.5 Å². The Balaban J connectivity index is 1.16. The summed E-state index contributed by atoms with van der Waals surface area (Å²) < 4.78 is 5.43. The molecule has 0 aromatic heterocycles. The Hall–Kier alpha value is -3.84. The molecule has 2 amide bonds. The molecule has 6 N–H and O–H groups in total. The second-order valence-corrected chi connectivity index (χ2v) is 9.01. The largest absolute Gasteiger partial charge is 0.445 e. The van der Waals surface area contributed by atoms with Gasteiger partial charge in [-0.2, -0.15) is 0 Å². The van der Waals surface area contributed by atoms with Crippen molar-refractivity contribution in [1.29, 1.82) is 0 Å². The minimum atomic E-state index is -0.451. The maximum absolute atomic E-state index is 12.7. The molecule has 1 saturated carbocycles. The maximum Gasteiger partial charge on any atom is 0.407 e. The van der Waals surface area contributed by atoms with Crippen LogP contribution in [0.4, 0.5) is 16.2 Å². The van der Waals surface area contributed by atoms with Crippen molar-refractivity contribution in [2.24, 2.45) is 5.73 Å². The summed E-state index contributed by atoms with van der Waals surface area (Å²) >= 11 is 0. The molecule has 174 valence electrons. The number of carbonyl (C=O) groups excluding carboxylic acids is 2. The molecular weight excluding hydrogens is 428 g/mol. The first kappa shape index (κ1) is 22.0. The van der Waals surface area contributed by atoms with Gasteiger partial charge in [-0.25, -0.2) is 4.79 Å². The lowest BCUT2D eigenvalue weighted by Gasteiger charge is -2.15. The van der Waals surface area contributed by atoms with Crippen LogP contribution in [0.3, 0.4) is 0 Å². The molecule has 1 fully saturated rings. The molecule has 7 heteroatoms. The highest BCUT2D eigenvalue weighted by Gasteiger charge is 2.34. The van der Waals surface area contributed by atoms with Crippen LogP contribution in [0.15, 0.2) is 66.7 Å². The van der Waals surface area contributed by atoms with E-state index < -0.39 is 6.09 Å². The lowest BCUT2D eigenvalue weighted by molar-refractivity contribution is 0.102. The molecule has 7 nitrogen and oxygen atoms in total. The summed E-state index contributed by atoms with van der Waals surface area (Å²) in [5.41, 5.74) is 17.7. The predicted octanol–water partition coefficient (Wildman–Crippen LogP) is 4.25. The summed E-state index contributed by atoms with van der Waals surface area (Å²) in [7, 11) is 0. The third-order valence-electron chi connectivity index (χ3n) is 6.60. The van der Waals surface area contributed by atoms with E-state index >= 15 is 0 Å². The molecule has 3 aromatic rings. The summed E-state index contributed by atoms with van der Waals surface area (Å²) in [6.07, 6.45) is 2.12. The van der Waals surface area contributed by atoms with Crippen LogP contribution in [0.1, 0.15) is 57.4 Å². The minimum Gasteiger partial charge on any atom is -0.445 e. The number of fused-ring (bicyclic) bond motifs is 1. The quantitative estimate of drug-likeness (QED) is 0.414. The highest BCUT2D eigenvalue weighted by molar-refractivity contribution is 6.05. The molecule has 3 aromatic carbocycles. The van der Waals surface area contributed by atoms with Gasteiger partial charge in [0, 0.05) is 17.5 Å². The van der Waals surface area contributed by atoms with Gasteiger partial charge in [0.2, 0.25) is 0 Å². The first-order valence-electron chi connectivity index (χ1n) is 11.5. The fraction of sp³-hybridized carbons (Fsp3) is 0.259. The van der Waals surface area contributed by atoms with E-state index in [1.54, 1.807) is 18.2 Å². The highest BCUT2D eigenvalue weighted by atomic mass is 16.5. The number of amides is 2. The number of hydrogen-bond acceptors (Lipinski definition) is 5. The zero-order valence-electron chi connectivity index (χ0n) is 18.8. The molecular formula is C27H28N4O3. The van der Waals surface area contributed by atoms with Crippen molar-refractivity contribution in [2.75, 3.05) is 11.1 Å². The molecule has 0 bridgehead atoms. The number of benzene rings is 3. The Bertz CT molecular complexity index is 1220. The van der Waals surface area contributed by atoms with Crippen molar-refractivity contribution in [1.82, 2.24) is 5.32 Å². The zero-order valence-corrected chi connectivity index (χ0v) is 18.8. The van der Waals surface area contributed by atoms with Gasteiger partial charge in [-0.15, -0.1) is 0 Å². The second kappa shape index (κ2) is 9.19. The standard InChI is InChI=1S/C27H28N4O3/c28-22-3-1-2-4-25(22)30-26(32)19-9-11-20-18(13-19)10-12-24(20)31-27(33)34-15-16-5-7-17(8-6-16)21-14-23(21)29/h1-9,11,13,21,23-24H,10,12,14-15,28-29H2,(H,30,32)(H,31,33)/t21?,23-,24?/m0/s1. The van der Waals surface area contributed by atoms with Gasteiger partial charge in [0.05, 0.1) is 17.4 Å². The lowest BCUT2D eigenvalue weighted by atomic mass is 10.0. The maximum atomic E-state index is 12.7. The normalized spacial score (nSPS) is 20.3. The number of anilines is 2. The van der Waals surface area contributed by atoms with Crippen molar-refractivity contribution in [2.45, 2.75) is 43.9 Å². The third kappa shape index (κ3) is 4.75. The van der Waals surface area contributed by atoms with Gasteiger partial charge < -0.3 is 26.8 Å². The van der Waals surface area contributed by atoms with Crippen molar-refractivity contribution in [3.63, 3.8) is 0 Å². The number of rotatable bonds is 6. The number of aryl methyl sites for hydroxylation is 1. The van der Waals surface area contributed by atoms with Gasteiger partial charge in [-0.05, 0) is 65.8 Å². The van der Waals surface area contributed by atoms with E-state index in [9.17, 15) is 9.59 Å². The topological polar surface area (TPSA) is 119 Å². The van der Waals surface area contributed by atoms with Gasteiger partial charge >= 0.3 is 6.09 Å². The van der Waals surface area contributed by atoms with Crippen LogP contribution < -0.4 is 22.1 Å². The minimum absolute atomic E-state index is 0.136. The van der Waals surface area contributed by atoms with E-state index in [0.717, 1.165) is 36.0 Å². The molecule has 5 rings (SSSR count). The van der Waals surface area contributed by atoms with Crippen LogP contribution in [-0.4, -0.2) is 18.0 Å². The Morgan fingerprint density at radius 3 is 2.53 bits per heavy atom. The van der Waals surface area contributed by atoms with Gasteiger partial charge in [0.25, 0.3) is 5.91 Å². The monoisotopic (exact) mass is 456 g/mol. The molecule has 0 saturated heterocycles. The fourth-order valence-corrected chi connectivity index (χ4v) is 4.51. The van der Waals surface area contributed by atoms with Crippen LogP contribution in [0.5, 0.6) is 0 Å². The molecule has 2 unspecified atom stereocenters. The number of carbonyl (C=O) groups is 2. The molecule has 0 heterocycles. The van der Waals surface area contributed by atoms with Crippen LogP contribution in [0, 0.1) is 0 Å².